The third-order valence-electron chi connectivity index (χ3n) is 4.78. The molecule has 0 bridgehead atoms. The SMILES string of the molecule is CC(=O)NCCN(C(=O)C1C2CCCCC21)C(C)C(=O)O. The fourth-order valence-corrected chi connectivity index (χ4v) is 3.53. The summed E-state index contributed by atoms with van der Waals surface area (Å²) in [6.45, 7) is 3.48. The molecule has 0 saturated heterocycles. The molecule has 3 unspecified atom stereocenters. The number of nitrogens with one attached hydrogen (secondary N) is 1. The van der Waals surface area contributed by atoms with Crippen LogP contribution in [0.2, 0.25) is 0 Å². The van der Waals surface area contributed by atoms with Crippen LogP contribution in [0, 0.1) is 17.8 Å². The monoisotopic (exact) mass is 296 g/mol. The zero-order valence-electron chi connectivity index (χ0n) is 12.7. The first-order chi connectivity index (χ1) is 9.93. The van der Waals surface area contributed by atoms with E-state index in [0.29, 0.717) is 18.4 Å². The molecule has 6 nitrogen and oxygen atoms in total. The van der Waals surface area contributed by atoms with Gasteiger partial charge in [0, 0.05) is 25.9 Å². The Balaban J connectivity index is 1.98. The standard InChI is InChI=1S/C15H24N2O4/c1-9(15(20)21)17(8-7-16-10(2)18)14(19)13-11-5-3-4-6-12(11)13/h9,11-13H,3-8H2,1-2H3,(H,16,18)(H,20,21). The average molecular weight is 296 g/mol. The van der Waals surface area contributed by atoms with Gasteiger partial charge in [-0.15, -0.1) is 0 Å². The molecule has 2 aliphatic carbocycles. The Hall–Kier alpha value is -1.59. The summed E-state index contributed by atoms with van der Waals surface area (Å²) in [5.41, 5.74) is 0. The highest BCUT2D eigenvalue weighted by Crippen LogP contribution is 2.56. The summed E-state index contributed by atoms with van der Waals surface area (Å²) in [6.07, 6.45) is 4.51. The molecule has 0 heterocycles. The second-order valence-electron chi connectivity index (χ2n) is 6.17. The van der Waals surface area contributed by atoms with Gasteiger partial charge in [-0.25, -0.2) is 4.79 Å². The number of aliphatic carboxylic acids is 1. The van der Waals surface area contributed by atoms with Crippen LogP contribution < -0.4 is 5.32 Å². The predicted molar refractivity (Wildman–Crippen MR) is 76.4 cm³/mol. The lowest BCUT2D eigenvalue weighted by atomic mass is 10.0. The lowest BCUT2D eigenvalue weighted by molar-refractivity contribution is -0.150. The van der Waals surface area contributed by atoms with Crippen molar-refractivity contribution in [2.24, 2.45) is 17.8 Å². The van der Waals surface area contributed by atoms with E-state index in [2.05, 4.69) is 5.32 Å². The lowest BCUT2D eigenvalue weighted by Crippen LogP contribution is -2.47. The summed E-state index contributed by atoms with van der Waals surface area (Å²) in [5.74, 6) is -0.315. The topological polar surface area (TPSA) is 86.7 Å². The molecule has 2 saturated carbocycles. The van der Waals surface area contributed by atoms with Gasteiger partial charge in [0.25, 0.3) is 0 Å². The predicted octanol–water partition coefficient (Wildman–Crippen LogP) is 0.860. The second kappa shape index (κ2) is 6.45. The van der Waals surface area contributed by atoms with Crippen LogP contribution in [0.1, 0.15) is 39.5 Å². The fourth-order valence-electron chi connectivity index (χ4n) is 3.53. The van der Waals surface area contributed by atoms with Crippen molar-refractivity contribution >= 4 is 17.8 Å². The highest BCUT2D eigenvalue weighted by Gasteiger charge is 2.56. The number of hydrogen-bond donors (Lipinski definition) is 2. The van der Waals surface area contributed by atoms with E-state index >= 15 is 0 Å². The number of carbonyl (C=O) groups excluding carboxylic acids is 2. The Morgan fingerprint density at radius 1 is 1.24 bits per heavy atom. The highest BCUT2D eigenvalue weighted by atomic mass is 16.4. The van der Waals surface area contributed by atoms with Gasteiger partial charge in [-0.1, -0.05) is 12.8 Å². The molecule has 3 atom stereocenters. The molecule has 2 aliphatic rings. The van der Waals surface area contributed by atoms with Crippen LogP contribution in [0.5, 0.6) is 0 Å². The molecule has 0 aromatic carbocycles. The number of fused-ring (bicyclic) bond motifs is 1. The molecule has 2 fully saturated rings. The molecule has 0 aliphatic heterocycles. The lowest BCUT2D eigenvalue weighted by Gasteiger charge is -2.27. The molecule has 0 aromatic rings. The molecular weight excluding hydrogens is 272 g/mol. The van der Waals surface area contributed by atoms with E-state index in [1.54, 1.807) is 0 Å². The van der Waals surface area contributed by atoms with Crippen LogP contribution in [0.3, 0.4) is 0 Å². The van der Waals surface area contributed by atoms with Crippen molar-refractivity contribution in [3.63, 3.8) is 0 Å². The molecule has 6 heteroatoms. The van der Waals surface area contributed by atoms with Crippen LogP contribution in [-0.2, 0) is 14.4 Å². The molecular formula is C15H24N2O4. The minimum absolute atomic E-state index is 0.00614. The van der Waals surface area contributed by atoms with Crippen LogP contribution in [-0.4, -0.2) is 46.9 Å². The molecule has 118 valence electrons. The maximum absolute atomic E-state index is 12.6. The van der Waals surface area contributed by atoms with Crippen molar-refractivity contribution in [2.45, 2.75) is 45.6 Å². The number of nitrogens with zero attached hydrogens (tertiary/aromatic N) is 1. The first-order valence-corrected chi connectivity index (χ1v) is 7.71. The molecule has 0 spiro atoms. The normalized spacial score (nSPS) is 28.2. The third kappa shape index (κ3) is 3.54. The first-order valence-electron chi connectivity index (χ1n) is 7.71. The summed E-state index contributed by atoms with van der Waals surface area (Å²) < 4.78 is 0. The molecule has 0 radical (unpaired) electrons. The smallest absolute Gasteiger partial charge is 0.326 e. The van der Waals surface area contributed by atoms with Crippen molar-refractivity contribution in [3.8, 4) is 0 Å². The van der Waals surface area contributed by atoms with E-state index in [4.69, 9.17) is 0 Å². The van der Waals surface area contributed by atoms with Crippen molar-refractivity contribution in [1.82, 2.24) is 10.2 Å². The summed E-state index contributed by atoms with van der Waals surface area (Å²) >= 11 is 0. The van der Waals surface area contributed by atoms with Crippen LogP contribution in [0.25, 0.3) is 0 Å². The fraction of sp³-hybridized carbons (Fsp3) is 0.800. The average Bonchev–Trinajstić information content (AvgIpc) is 3.16. The zero-order valence-corrected chi connectivity index (χ0v) is 12.7. The van der Waals surface area contributed by atoms with E-state index in [-0.39, 0.29) is 24.3 Å². The Bertz CT molecular complexity index is 425. The van der Waals surface area contributed by atoms with Crippen LogP contribution >= 0.6 is 0 Å². The van der Waals surface area contributed by atoms with Crippen molar-refractivity contribution < 1.29 is 19.5 Å². The van der Waals surface area contributed by atoms with Crippen molar-refractivity contribution in [1.29, 1.82) is 0 Å². The minimum atomic E-state index is -1.00. The van der Waals surface area contributed by atoms with Gasteiger partial charge in [-0.3, -0.25) is 9.59 Å². The van der Waals surface area contributed by atoms with Gasteiger partial charge in [-0.2, -0.15) is 0 Å². The quantitative estimate of drug-likeness (QED) is 0.761. The molecule has 2 amide bonds. The Kier molecular flexibility index (Phi) is 4.85. The van der Waals surface area contributed by atoms with E-state index < -0.39 is 12.0 Å². The number of carboxylic acids is 1. The molecule has 21 heavy (non-hydrogen) atoms. The number of rotatable bonds is 6. The van der Waals surface area contributed by atoms with Crippen molar-refractivity contribution in [3.05, 3.63) is 0 Å². The molecule has 2 rings (SSSR count). The largest absolute Gasteiger partial charge is 0.480 e. The summed E-state index contributed by atoms with van der Waals surface area (Å²) in [5, 5.41) is 11.8. The van der Waals surface area contributed by atoms with Gasteiger partial charge in [0.1, 0.15) is 6.04 Å². The van der Waals surface area contributed by atoms with E-state index in [0.717, 1.165) is 12.8 Å². The van der Waals surface area contributed by atoms with Crippen LogP contribution in [0.15, 0.2) is 0 Å². The molecule has 2 N–H and O–H groups in total. The van der Waals surface area contributed by atoms with Gasteiger partial charge in [-0.05, 0) is 31.6 Å². The third-order valence-corrected chi connectivity index (χ3v) is 4.78. The molecule has 0 aromatic heterocycles. The van der Waals surface area contributed by atoms with Gasteiger partial charge >= 0.3 is 5.97 Å². The minimum Gasteiger partial charge on any atom is -0.480 e. The Morgan fingerprint density at radius 2 is 1.81 bits per heavy atom. The zero-order chi connectivity index (χ0) is 15.6. The van der Waals surface area contributed by atoms with Gasteiger partial charge < -0.3 is 15.3 Å². The Morgan fingerprint density at radius 3 is 2.29 bits per heavy atom. The van der Waals surface area contributed by atoms with Crippen LogP contribution in [0.4, 0.5) is 0 Å². The number of carboxylic acid groups (broad SMARTS) is 1. The number of amides is 2. The van der Waals surface area contributed by atoms with Gasteiger partial charge in [0.15, 0.2) is 0 Å². The maximum Gasteiger partial charge on any atom is 0.326 e. The first kappa shape index (κ1) is 15.8. The van der Waals surface area contributed by atoms with Gasteiger partial charge in [0.2, 0.25) is 11.8 Å². The maximum atomic E-state index is 12.6. The highest BCUT2D eigenvalue weighted by molar-refractivity contribution is 5.87. The second-order valence-corrected chi connectivity index (χ2v) is 6.17. The number of carbonyl (C=O) groups is 3. The van der Waals surface area contributed by atoms with Crippen molar-refractivity contribution in [2.75, 3.05) is 13.1 Å². The van der Waals surface area contributed by atoms with Gasteiger partial charge in [0.05, 0.1) is 0 Å². The Labute approximate surface area is 124 Å². The van der Waals surface area contributed by atoms with E-state index in [9.17, 15) is 19.5 Å². The number of hydrogen-bond acceptors (Lipinski definition) is 3. The summed E-state index contributed by atoms with van der Waals surface area (Å²) in [4.78, 5) is 36.2. The summed E-state index contributed by atoms with van der Waals surface area (Å²) in [7, 11) is 0. The van der Waals surface area contributed by atoms with E-state index in [1.807, 2.05) is 0 Å². The van der Waals surface area contributed by atoms with E-state index in [1.165, 1.54) is 31.6 Å². The summed E-state index contributed by atoms with van der Waals surface area (Å²) in [6, 6.07) is -0.853.